The second-order valence-corrected chi connectivity index (χ2v) is 5.96. The lowest BCUT2D eigenvalue weighted by atomic mass is 9.86. The van der Waals surface area contributed by atoms with Crippen molar-refractivity contribution in [3.63, 3.8) is 0 Å². The monoisotopic (exact) mass is 226 g/mol. The first kappa shape index (κ1) is 14.0. The molecule has 0 amide bonds. The van der Waals surface area contributed by atoms with E-state index < -0.39 is 0 Å². The fourth-order valence-corrected chi connectivity index (χ4v) is 2.92. The number of hydrogen-bond donors (Lipinski definition) is 1. The van der Waals surface area contributed by atoms with Crippen molar-refractivity contribution in [1.29, 1.82) is 0 Å². The number of hydrogen-bond acceptors (Lipinski definition) is 2. The molecule has 0 aromatic carbocycles. The molecule has 0 aromatic heterocycles. The van der Waals surface area contributed by atoms with E-state index >= 15 is 0 Å². The smallest absolute Gasteiger partial charge is 0.00979 e. The Bertz CT molecular complexity index is 180. The van der Waals surface area contributed by atoms with Crippen LogP contribution in [0.4, 0.5) is 0 Å². The average molecular weight is 226 g/mol. The third kappa shape index (κ3) is 4.84. The van der Waals surface area contributed by atoms with Gasteiger partial charge in [-0.05, 0) is 44.2 Å². The molecule has 2 heteroatoms. The summed E-state index contributed by atoms with van der Waals surface area (Å²) < 4.78 is 0. The average Bonchev–Trinajstić information content (AvgIpc) is 2.23. The summed E-state index contributed by atoms with van der Waals surface area (Å²) >= 11 is 0. The molecule has 2 nitrogen and oxygen atoms in total. The zero-order valence-corrected chi connectivity index (χ0v) is 11.4. The van der Waals surface area contributed by atoms with Gasteiger partial charge in [-0.15, -0.1) is 0 Å². The van der Waals surface area contributed by atoms with Crippen LogP contribution in [0.3, 0.4) is 0 Å². The van der Waals surface area contributed by atoms with Crippen LogP contribution in [0.2, 0.25) is 0 Å². The van der Waals surface area contributed by atoms with Crippen molar-refractivity contribution < 1.29 is 0 Å². The number of nitrogens with zero attached hydrogens (tertiary/aromatic N) is 1. The minimum absolute atomic E-state index is 0.773. The van der Waals surface area contributed by atoms with Crippen molar-refractivity contribution in [2.24, 2.45) is 17.6 Å². The van der Waals surface area contributed by atoms with Gasteiger partial charge in [-0.25, -0.2) is 0 Å². The summed E-state index contributed by atoms with van der Waals surface area (Å²) in [5.74, 6) is 1.70. The van der Waals surface area contributed by atoms with Gasteiger partial charge in [0.2, 0.25) is 0 Å². The molecule has 16 heavy (non-hydrogen) atoms. The summed E-state index contributed by atoms with van der Waals surface area (Å²) in [5.41, 5.74) is 5.64. The molecule has 1 aliphatic carbocycles. The third-order valence-electron chi connectivity index (χ3n) is 3.67. The van der Waals surface area contributed by atoms with Crippen LogP contribution in [0.5, 0.6) is 0 Å². The quantitative estimate of drug-likeness (QED) is 0.754. The lowest BCUT2D eigenvalue weighted by Gasteiger charge is -2.37. The van der Waals surface area contributed by atoms with E-state index in [1.165, 1.54) is 38.8 Å². The molecule has 2 N–H and O–H groups in total. The van der Waals surface area contributed by atoms with Gasteiger partial charge in [-0.1, -0.05) is 33.6 Å². The minimum Gasteiger partial charge on any atom is -0.330 e. The predicted octanol–water partition coefficient (Wildman–Crippen LogP) is 2.87. The van der Waals surface area contributed by atoms with Crippen LogP contribution in [0.1, 0.15) is 52.9 Å². The largest absolute Gasteiger partial charge is 0.330 e. The van der Waals surface area contributed by atoms with Crippen LogP contribution in [0.25, 0.3) is 0 Å². The highest BCUT2D eigenvalue weighted by atomic mass is 15.2. The molecular weight excluding hydrogens is 196 g/mol. The molecule has 1 saturated carbocycles. The summed E-state index contributed by atoms with van der Waals surface area (Å²) in [7, 11) is 0. The topological polar surface area (TPSA) is 29.3 Å². The molecule has 1 rings (SSSR count). The van der Waals surface area contributed by atoms with E-state index in [4.69, 9.17) is 5.73 Å². The molecule has 1 aliphatic rings. The van der Waals surface area contributed by atoms with Gasteiger partial charge in [0.25, 0.3) is 0 Å². The summed E-state index contributed by atoms with van der Waals surface area (Å²) in [6, 6.07) is 0.831. The molecule has 2 atom stereocenters. The molecule has 0 radical (unpaired) electrons. The van der Waals surface area contributed by atoms with Gasteiger partial charge < -0.3 is 10.6 Å². The van der Waals surface area contributed by atoms with Crippen molar-refractivity contribution in [3.8, 4) is 0 Å². The van der Waals surface area contributed by atoms with E-state index in [0.717, 1.165) is 30.8 Å². The Kier molecular flexibility index (Phi) is 6.37. The highest BCUT2D eigenvalue weighted by molar-refractivity contribution is 4.79. The van der Waals surface area contributed by atoms with Crippen LogP contribution < -0.4 is 5.73 Å². The minimum atomic E-state index is 0.773. The first-order valence-electron chi connectivity index (χ1n) is 7.07. The number of rotatable bonds is 6. The molecule has 0 saturated heterocycles. The summed E-state index contributed by atoms with van der Waals surface area (Å²) in [6.45, 7) is 10.3. The van der Waals surface area contributed by atoms with Gasteiger partial charge in [0.05, 0.1) is 0 Å². The Morgan fingerprint density at radius 1 is 1.31 bits per heavy atom. The summed E-state index contributed by atoms with van der Waals surface area (Å²) in [4.78, 5) is 2.70. The van der Waals surface area contributed by atoms with E-state index in [2.05, 4.69) is 25.7 Å². The van der Waals surface area contributed by atoms with Crippen LogP contribution in [0, 0.1) is 11.8 Å². The molecule has 0 aromatic rings. The molecule has 0 aliphatic heterocycles. The van der Waals surface area contributed by atoms with E-state index in [-0.39, 0.29) is 0 Å². The van der Waals surface area contributed by atoms with Crippen molar-refractivity contribution in [1.82, 2.24) is 4.90 Å². The zero-order valence-electron chi connectivity index (χ0n) is 11.4. The van der Waals surface area contributed by atoms with Gasteiger partial charge in [0.15, 0.2) is 0 Å². The fourth-order valence-electron chi connectivity index (χ4n) is 2.92. The van der Waals surface area contributed by atoms with Crippen molar-refractivity contribution in [2.45, 2.75) is 58.9 Å². The van der Waals surface area contributed by atoms with E-state index in [1.807, 2.05) is 0 Å². The van der Waals surface area contributed by atoms with Gasteiger partial charge in [0.1, 0.15) is 0 Å². The predicted molar refractivity (Wildman–Crippen MR) is 71.5 cm³/mol. The number of nitrogens with two attached hydrogens (primary N) is 1. The lowest BCUT2D eigenvalue weighted by molar-refractivity contribution is 0.120. The van der Waals surface area contributed by atoms with E-state index in [1.54, 1.807) is 0 Å². The standard InChI is InChI=1S/C14H30N2/c1-12(2)11-16(9-5-8-15)14-7-4-6-13(3)10-14/h12-14H,4-11,15H2,1-3H3. The summed E-state index contributed by atoms with van der Waals surface area (Å²) in [6.07, 6.45) is 6.81. The molecule has 0 spiro atoms. The third-order valence-corrected chi connectivity index (χ3v) is 3.67. The maximum atomic E-state index is 5.64. The summed E-state index contributed by atoms with van der Waals surface area (Å²) in [5, 5.41) is 0. The van der Waals surface area contributed by atoms with E-state index in [9.17, 15) is 0 Å². The lowest BCUT2D eigenvalue weighted by Crippen LogP contribution is -2.41. The maximum Gasteiger partial charge on any atom is 0.00979 e. The molecule has 0 bridgehead atoms. The second-order valence-electron chi connectivity index (χ2n) is 5.96. The van der Waals surface area contributed by atoms with Gasteiger partial charge >= 0.3 is 0 Å². The SMILES string of the molecule is CC(C)CN(CCCN)C1CCCC(C)C1. The normalized spacial score (nSPS) is 26.6. The molecular formula is C14H30N2. The first-order valence-corrected chi connectivity index (χ1v) is 7.07. The van der Waals surface area contributed by atoms with Crippen LogP contribution in [0.15, 0.2) is 0 Å². The highest BCUT2D eigenvalue weighted by Gasteiger charge is 2.24. The van der Waals surface area contributed by atoms with Crippen LogP contribution in [-0.4, -0.2) is 30.6 Å². The maximum absolute atomic E-state index is 5.64. The molecule has 1 fully saturated rings. The Hall–Kier alpha value is -0.0800. The Labute approximate surface area is 102 Å². The first-order chi connectivity index (χ1) is 7.63. The van der Waals surface area contributed by atoms with E-state index in [0.29, 0.717) is 0 Å². The van der Waals surface area contributed by atoms with Crippen molar-refractivity contribution in [2.75, 3.05) is 19.6 Å². The van der Waals surface area contributed by atoms with Crippen LogP contribution >= 0.6 is 0 Å². The van der Waals surface area contributed by atoms with Gasteiger partial charge in [-0.3, -0.25) is 0 Å². The molecule has 0 heterocycles. The van der Waals surface area contributed by atoms with Gasteiger partial charge in [-0.2, -0.15) is 0 Å². The highest BCUT2D eigenvalue weighted by Crippen LogP contribution is 2.27. The Morgan fingerprint density at radius 3 is 2.62 bits per heavy atom. The van der Waals surface area contributed by atoms with Crippen molar-refractivity contribution >= 4 is 0 Å². The second kappa shape index (κ2) is 7.29. The fraction of sp³-hybridized carbons (Fsp3) is 1.00. The molecule has 96 valence electrons. The van der Waals surface area contributed by atoms with Gasteiger partial charge in [0, 0.05) is 12.6 Å². The zero-order chi connectivity index (χ0) is 12.0. The van der Waals surface area contributed by atoms with Crippen LogP contribution in [-0.2, 0) is 0 Å². The Balaban J connectivity index is 2.45. The Morgan fingerprint density at radius 2 is 2.06 bits per heavy atom. The van der Waals surface area contributed by atoms with Crippen molar-refractivity contribution in [3.05, 3.63) is 0 Å². The molecule has 2 unspecified atom stereocenters.